The van der Waals surface area contributed by atoms with Gasteiger partial charge in [0, 0.05) is 0 Å². The van der Waals surface area contributed by atoms with Crippen LogP contribution in [0.25, 0.3) is 0 Å². The second-order valence-corrected chi connectivity index (χ2v) is 4.20. The number of hydrogen-bond donors (Lipinski definition) is 0. The third-order valence-corrected chi connectivity index (χ3v) is 2.70. The summed E-state index contributed by atoms with van der Waals surface area (Å²) in [5, 5.41) is 2.84. The van der Waals surface area contributed by atoms with Crippen LogP contribution >= 0.6 is 0 Å². The number of hydrogen-bond acceptors (Lipinski definition) is 5. The molecule has 0 aliphatic heterocycles. The molecule has 0 N–H and O–H groups in total. The molecule has 1 aromatic rings. The average molecular weight is 265 g/mol. The molecular formula is C14H19NO4. The Kier molecular flexibility index (Phi) is 6.57. The summed E-state index contributed by atoms with van der Waals surface area (Å²) in [4.78, 5) is 22.1. The lowest BCUT2D eigenvalue weighted by Gasteiger charge is -2.07. The van der Waals surface area contributed by atoms with E-state index in [9.17, 15) is 9.70 Å². The number of nitrogens with zero attached hydrogens (tertiary/aromatic N) is 1. The van der Waals surface area contributed by atoms with Crippen molar-refractivity contribution in [3.05, 3.63) is 28.7 Å². The van der Waals surface area contributed by atoms with Gasteiger partial charge in [0.25, 0.3) is 0 Å². The quantitative estimate of drug-likeness (QED) is 0.410. The molecule has 104 valence electrons. The van der Waals surface area contributed by atoms with E-state index in [1.165, 1.54) is 13.2 Å². The molecule has 0 heterocycles. The van der Waals surface area contributed by atoms with Gasteiger partial charge in [0.05, 0.1) is 20.1 Å². The molecule has 0 amide bonds. The number of methoxy groups -OCH3 is 1. The van der Waals surface area contributed by atoms with Crippen molar-refractivity contribution in [1.29, 1.82) is 0 Å². The van der Waals surface area contributed by atoms with Gasteiger partial charge in [0.15, 0.2) is 0 Å². The van der Waals surface area contributed by atoms with Gasteiger partial charge in [-0.2, -0.15) is 0 Å². The largest absolute Gasteiger partial charge is 0.494 e. The summed E-state index contributed by atoms with van der Waals surface area (Å²) in [7, 11) is 1.46. The van der Waals surface area contributed by atoms with Crippen molar-refractivity contribution in [2.24, 2.45) is 5.18 Å². The zero-order valence-corrected chi connectivity index (χ0v) is 11.3. The van der Waals surface area contributed by atoms with Crippen LogP contribution in [0.3, 0.4) is 0 Å². The normalized spacial score (nSPS) is 10.0. The molecule has 0 unspecified atom stereocenters. The Labute approximate surface area is 112 Å². The van der Waals surface area contributed by atoms with Crippen LogP contribution in [0.1, 0.15) is 31.7 Å². The van der Waals surface area contributed by atoms with Crippen molar-refractivity contribution >= 4 is 11.7 Å². The van der Waals surface area contributed by atoms with E-state index in [1.807, 2.05) is 0 Å². The minimum absolute atomic E-state index is 0.168. The molecule has 0 aliphatic rings. The molecule has 0 saturated carbocycles. The van der Waals surface area contributed by atoms with E-state index in [0.29, 0.717) is 12.4 Å². The molecule has 0 saturated heterocycles. The van der Waals surface area contributed by atoms with Crippen LogP contribution in [0.4, 0.5) is 5.69 Å². The number of nitroso groups, excluding NO2 is 1. The molecule has 0 bridgehead atoms. The number of esters is 1. The Morgan fingerprint density at radius 1 is 1.32 bits per heavy atom. The van der Waals surface area contributed by atoms with Crippen LogP contribution in [0.2, 0.25) is 0 Å². The highest BCUT2D eigenvalue weighted by Crippen LogP contribution is 2.28. The fourth-order valence-electron chi connectivity index (χ4n) is 1.66. The summed E-state index contributed by atoms with van der Waals surface area (Å²) in [5.74, 6) is 0.0938. The Morgan fingerprint density at radius 3 is 2.74 bits per heavy atom. The van der Waals surface area contributed by atoms with Crippen molar-refractivity contribution in [2.45, 2.75) is 32.6 Å². The lowest BCUT2D eigenvalue weighted by Crippen LogP contribution is -2.09. The van der Waals surface area contributed by atoms with Crippen molar-refractivity contribution < 1.29 is 14.3 Å². The van der Waals surface area contributed by atoms with E-state index in [1.54, 1.807) is 12.1 Å². The maximum atomic E-state index is 11.6. The summed E-state index contributed by atoms with van der Waals surface area (Å²) in [5.41, 5.74) is 0.965. The third-order valence-electron chi connectivity index (χ3n) is 2.70. The minimum Gasteiger partial charge on any atom is -0.494 e. The van der Waals surface area contributed by atoms with Crippen molar-refractivity contribution in [3.63, 3.8) is 0 Å². The number of rotatable bonds is 8. The van der Waals surface area contributed by atoms with E-state index in [2.05, 4.69) is 12.1 Å². The predicted octanol–water partition coefficient (Wildman–Crippen LogP) is 3.37. The topological polar surface area (TPSA) is 65.0 Å². The molecule has 0 fully saturated rings. The van der Waals surface area contributed by atoms with E-state index in [4.69, 9.17) is 9.47 Å². The van der Waals surface area contributed by atoms with Crippen molar-refractivity contribution in [1.82, 2.24) is 0 Å². The molecule has 0 aliphatic carbocycles. The second-order valence-electron chi connectivity index (χ2n) is 4.20. The smallest absolute Gasteiger partial charge is 0.310 e. The number of unbranched alkanes of at least 4 members (excludes halogenated alkanes) is 2. The first kappa shape index (κ1) is 15.1. The van der Waals surface area contributed by atoms with Crippen LogP contribution in [0.5, 0.6) is 5.75 Å². The third kappa shape index (κ3) is 5.07. The second kappa shape index (κ2) is 8.24. The fraction of sp³-hybridized carbons (Fsp3) is 0.500. The van der Waals surface area contributed by atoms with Crippen molar-refractivity contribution in [3.8, 4) is 5.75 Å². The standard InChI is InChI=1S/C14H19NO4/c1-3-4-5-8-19-14(16)10-11-6-7-12(15-17)13(9-11)18-2/h6-7,9H,3-5,8,10H2,1-2H3. The number of benzene rings is 1. The van der Waals surface area contributed by atoms with Crippen LogP contribution in [-0.2, 0) is 16.0 Å². The van der Waals surface area contributed by atoms with Gasteiger partial charge >= 0.3 is 5.97 Å². The van der Waals surface area contributed by atoms with Gasteiger partial charge in [-0.15, -0.1) is 4.91 Å². The number of carbonyl (C=O) groups excluding carboxylic acids is 1. The van der Waals surface area contributed by atoms with Crippen LogP contribution in [0.15, 0.2) is 23.4 Å². The van der Waals surface area contributed by atoms with E-state index in [-0.39, 0.29) is 18.1 Å². The molecule has 0 atom stereocenters. The highest BCUT2D eigenvalue weighted by atomic mass is 16.5. The van der Waals surface area contributed by atoms with Gasteiger partial charge in [-0.25, -0.2) is 0 Å². The van der Waals surface area contributed by atoms with Gasteiger partial charge in [-0.1, -0.05) is 25.8 Å². The highest BCUT2D eigenvalue weighted by molar-refractivity contribution is 5.73. The maximum absolute atomic E-state index is 11.6. The Bertz CT molecular complexity index is 431. The van der Waals surface area contributed by atoms with E-state index in [0.717, 1.165) is 24.8 Å². The SMILES string of the molecule is CCCCCOC(=O)Cc1ccc(N=O)c(OC)c1. The molecule has 1 aromatic carbocycles. The molecule has 0 spiro atoms. The lowest BCUT2D eigenvalue weighted by atomic mass is 10.1. The fourth-order valence-corrected chi connectivity index (χ4v) is 1.66. The van der Waals surface area contributed by atoms with E-state index >= 15 is 0 Å². The predicted molar refractivity (Wildman–Crippen MR) is 72.6 cm³/mol. The lowest BCUT2D eigenvalue weighted by molar-refractivity contribution is -0.142. The van der Waals surface area contributed by atoms with Gasteiger partial charge in [-0.3, -0.25) is 4.79 Å². The van der Waals surface area contributed by atoms with Gasteiger partial charge in [-0.05, 0) is 29.3 Å². The first-order valence-electron chi connectivity index (χ1n) is 6.37. The molecular weight excluding hydrogens is 246 g/mol. The summed E-state index contributed by atoms with van der Waals surface area (Å²) < 4.78 is 10.1. The molecule has 0 aromatic heterocycles. The monoisotopic (exact) mass is 265 g/mol. The number of carbonyl (C=O) groups is 1. The summed E-state index contributed by atoms with van der Waals surface area (Å²) in [6.45, 7) is 2.55. The minimum atomic E-state index is -0.273. The van der Waals surface area contributed by atoms with Crippen molar-refractivity contribution in [2.75, 3.05) is 13.7 Å². The molecule has 19 heavy (non-hydrogen) atoms. The maximum Gasteiger partial charge on any atom is 0.310 e. The zero-order valence-electron chi connectivity index (χ0n) is 11.3. The first-order valence-corrected chi connectivity index (χ1v) is 6.37. The highest BCUT2D eigenvalue weighted by Gasteiger charge is 2.09. The Hall–Kier alpha value is -1.91. The van der Waals surface area contributed by atoms with E-state index < -0.39 is 0 Å². The van der Waals surface area contributed by atoms with Gasteiger partial charge in [0.2, 0.25) is 0 Å². The summed E-state index contributed by atoms with van der Waals surface area (Å²) >= 11 is 0. The van der Waals surface area contributed by atoms with Gasteiger partial charge in [0.1, 0.15) is 11.4 Å². The molecule has 0 radical (unpaired) electrons. The number of ether oxygens (including phenoxy) is 2. The summed E-state index contributed by atoms with van der Waals surface area (Å²) in [6, 6.07) is 4.84. The van der Waals surface area contributed by atoms with Crippen LogP contribution in [0, 0.1) is 4.91 Å². The molecule has 1 rings (SSSR count). The Morgan fingerprint density at radius 2 is 2.11 bits per heavy atom. The zero-order chi connectivity index (χ0) is 14.1. The average Bonchev–Trinajstić information content (AvgIpc) is 2.43. The Balaban J connectivity index is 2.52. The van der Waals surface area contributed by atoms with Gasteiger partial charge < -0.3 is 9.47 Å². The van der Waals surface area contributed by atoms with Crippen LogP contribution < -0.4 is 4.74 Å². The molecule has 5 heteroatoms. The first-order chi connectivity index (χ1) is 9.21. The summed E-state index contributed by atoms with van der Waals surface area (Å²) in [6.07, 6.45) is 3.21. The molecule has 5 nitrogen and oxygen atoms in total. The van der Waals surface area contributed by atoms with Crippen LogP contribution in [-0.4, -0.2) is 19.7 Å².